The summed E-state index contributed by atoms with van der Waals surface area (Å²) in [6.45, 7) is 4.50. The van der Waals surface area contributed by atoms with Crippen molar-refractivity contribution in [3.63, 3.8) is 0 Å². The van der Waals surface area contributed by atoms with Crippen molar-refractivity contribution < 1.29 is 4.79 Å². The number of carbonyl (C=O) groups excluding carboxylic acids is 1. The lowest BCUT2D eigenvalue weighted by molar-refractivity contribution is -0.133. The molecule has 1 saturated carbocycles. The predicted molar refractivity (Wildman–Crippen MR) is 83.4 cm³/mol. The maximum Gasteiger partial charge on any atom is 0.226 e. The second kappa shape index (κ2) is 4.94. The van der Waals surface area contributed by atoms with Gasteiger partial charge in [0.1, 0.15) is 17.0 Å². The van der Waals surface area contributed by atoms with Crippen LogP contribution in [-0.2, 0) is 17.8 Å². The molecule has 0 atom stereocenters. The lowest BCUT2D eigenvalue weighted by Crippen LogP contribution is -2.36. The van der Waals surface area contributed by atoms with Gasteiger partial charge in [0.25, 0.3) is 0 Å². The average molecular weight is 302 g/mol. The van der Waals surface area contributed by atoms with Crippen molar-refractivity contribution in [3.05, 3.63) is 16.8 Å². The van der Waals surface area contributed by atoms with E-state index in [1.807, 2.05) is 4.90 Å². The van der Waals surface area contributed by atoms with Crippen LogP contribution in [0.2, 0.25) is 0 Å². The van der Waals surface area contributed by atoms with Crippen molar-refractivity contribution in [1.82, 2.24) is 14.9 Å². The van der Waals surface area contributed by atoms with Crippen LogP contribution >= 0.6 is 11.3 Å². The molecule has 0 spiro atoms. The van der Waals surface area contributed by atoms with Crippen LogP contribution in [0.15, 0.2) is 6.33 Å². The van der Waals surface area contributed by atoms with E-state index in [9.17, 15) is 4.79 Å². The van der Waals surface area contributed by atoms with Crippen LogP contribution in [0.25, 0.3) is 10.2 Å². The van der Waals surface area contributed by atoms with Gasteiger partial charge in [-0.1, -0.05) is 0 Å². The third-order valence-electron chi connectivity index (χ3n) is 4.22. The van der Waals surface area contributed by atoms with Crippen LogP contribution in [0.5, 0.6) is 0 Å². The van der Waals surface area contributed by atoms with Crippen molar-refractivity contribution in [2.75, 3.05) is 18.4 Å². The molecule has 1 aliphatic heterocycles. The number of anilines is 1. The zero-order valence-electron chi connectivity index (χ0n) is 12.1. The fourth-order valence-electron chi connectivity index (χ4n) is 3.01. The smallest absolute Gasteiger partial charge is 0.226 e. The molecule has 1 N–H and O–H groups in total. The SMILES string of the molecule is CCNc1ncnc2sc3c(c12)CCN(C(=O)C1CC1)C3. The van der Waals surface area contributed by atoms with Crippen LogP contribution in [0.3, 0.4) is 0 Å². The first kappa shape index (κ1) is 13.0. The van der Waals surface area contributed by atoms with Crippen molar-refractivity contribution in [2.24, 2.45) is 5.92 Å². The lowest BCUT2D eigenvalue weighted by atomic mass is 10.0. The first-order valence-corrected chi connectivity index (χ1v) is 8.37. The van der Waals surface area contributed by atoms with E-state index in [1.54, 1.807) is 17.7 Å². The van der Waals surface area contributed by atoms with Gasteiger partial charge < -0.3 is 10.2 Å². The molecule has 0 bridgehead atoms. The van der Waals surface area contributed by atoms with Gasteiger partial charge in [-0.15, -0.1) is 11.3 Å². The fraction of sp³-hybridized carbons (Fsp3) is 0.533. The number of rotatable bonds is 3. The molecule has 110 valence electrons. The average Bonchev–Trinajstić information content (AvgIpc) is 3.27. The van der Waals surface area contributed by atoms with Gasteiger partial charge in [-0.25, -0.2) is 9.97 Å². The van der Waals surface area contributed by atoms with E-state index in [2.05, 4.69) is 22.2 Å². The monoisotopic (exact) mass is 302 g/mol. The van der Waals surface area contributed by atoms with Gasteiger partial charge >= 0.3 is 0 Å². The molecule has 5 nitrogen and oxygen atoms in total. The minimum Gasteiger partial charge on any atom is -0.370 e. The van der Waals surface area contributed by atoms with E-state index in [0.29, 0.717) is 11.8 Å². The van der Waals surface area contributed by atoms with Gasteiger partial charge in [-0.05, 0) is 31.7 Å². The second-order valence-electron chi connectivity index (χ2n) is 5.72. The highest BCUT2D eigenvalue weighted by atomic mass is 32.1. The topological polar surface area (TPSA) is 58.1 Å². The van der Waals surface area contributed by atoms with Gasteiger partial charge in [0.15, 0.2) is 0 Å². The minimum absolute atomic E-state index is 0.304. The number of carbonyl (C=O) groups is 1. The quantitative estimate of drug-likeness (QED) is 0.946. The van der Waals surface area contributed by atoms with Crippen LogP contribution in [0, 0.1) is 5.92 Å². The van der Waals surface area contributed by atoms with Crippen LogP contribution in [-0.4, -0.2) is 33.9 Å². The Hall–Kier alpha value is -1.69. The molecule has 0 aromatic carbocycles. The molecule has 0 radical (unpaired) electrons. The predicted octanol–water partition coefficient (Wildman–Crippen LogP) is 2.42. The molecule has 0 unspecified atom stereocenters. The van der Waals surface area contributed by atoms with Gasteiger partial charge in [-0.2, -0.15) is 0 Å². The van der Waals surface area contributed by atoms with E-state index >= 15 is 0 Å². The van der Waals surface area contributed by atoms with Crippen molar-refractivity contribution in [3.8, 4) is 0 Å². The summed E-state index contributed by atoms with van der Waals surface area (Å²) in [5.41, 5.74) is 1.34. The molecule has 2 aromatic heterocycles. The summed E-state index contributed by atoms with van der Waals surface area (Å²) in [6.07, 6.45) is 4.68. The number of nitrogens with one attached hydrogen (secondary N) is 1. The summed E-state index contributed by atoms with van der Waals surface area (Å²) < 4.78 is 0. The molecule has 2 aliphatic rings. The Labute approximate surface area is 127 Å². The van der Waals surface area contributed by atoms with Crippen molar-refractivity contribution in [2.45, 2.75) is 32.7 Å². The van der Waals surface area contributed by atoms with E-state index in [4.69, 9.17) is 0 Å². The largest absolute Gasteiger partial charge is 0.370 e. The normalized spacial score (nSPS) is 17.9. The van der Waals surface area contributed by atoms with E-state index in [1.165, 1.54) is 10.4 Å². The molecule has 4 rings (SSSR count). The highest BCUT2D eigenvalue weighted by molar-refractivity contribution is 7.19. The van der Waals surface area contributed by atoms with Crippen LogP contribution in [0.1, 0.15) is 30.2 Å². The summed E-state index contributed by atoms with van der Waals surface area (Å²) in [6, 6.07) is 0. The zero-order valence-corrected chi connectivity index (χ0v) is 12.9. The van der Waals surface area contributed by atoms with Gasteiger partial charge in [0.2, 0.25) is 5.91 Å². The number of hydrogen-bond donors (Lipinski definition) is 1. The molecular weight excluding hydrogens is 284 g/mol. The van der Waals surface area contributed by atoms with E-state index < -0.39 is 0 Å². The Morgan fingerprint density at radius 3 is 3.10 bits per heavy atom. The summed E-state index contributed by atoms with van der Waals surface area (Å²) in [5.74, 6) is 1.58. The number of nitrogens with zero attached hydrogens (tertiary/aromatic N) is 3. The fourth-order valence-corrected chi connectivity index (χ4v) is 4.21. The number of aromatic nitrogens is 2. The first-order valence-electron chi connectivity index (χ1n) is 7.55. The third-order valence-corrected chi connectivity index (χ3v) is 5.34. The van der Waals surface area contributed by atoms with Crippen molar-refractivity contribution >= 4 is 33.3 Å². The Bertz CT molecular complexity index is 707. The minimum atomic E-state index is 0.304. The molecule has 0 saturated heterocycles. The maximum atomic E-state index is 12.2. The van der Waals surface area contributed by atoms with Crippen LogP contribution in [0.4, 0.5) is 5.82 Å². The number of fused-ring (bicyclic) bond motifs is 3. The summed E-state index contributed by atoms with van der Waals surface area (Å²) >= 11 is 1.71. The first-order chi connectivity index (χ1) is 10.3. The van der Waals surface area contributed by atoms with Gasteiger partial charge in [0.05, 0.1) is 11.9 Å². The number of thiophene rings is 1. The zero-order chi connectivity index (χ0) is 14.4. The molecule has 1 amide bonds. The third kappa shape index (κ3) is 2.18. The standard InChI is InChI=1S/C15H18N4OS/c1-2-16-13-12-10-5-6-19(15(20)9-3-4-9)7-11(10)21-14(12)18-8-17-13/h8-9H,2-7H2,1H3,(H,16,17,18). The Morgan fingerprint density at radius 1 is 1.48 bits per heavy atom. The number of hydrogen-bond acceptors (Lipinski definition) is 5. The summed E-state index contributed by atoms with van der Waals surface area (Å²) in [5, 5.41) is 4.49. The maximum absolute atomic E-state index is 12.2. The molecule has 2 aromatic rings. The molecule has 1 fully saturated rings. The van der Waals surface area contributed by atoms with E-state index in [-0.39, 0.29) is 0 Å². The van der Waals surface area contributed by atoms with E-state index in [0.717, 1.165) is 54.9 Å². The van der Waals surface area contributed by atoms with Gasteiger partial charge in [-0.3, -0.25) is 4.79 Å². The van der Waals surface area contributed by atoms with Gasteiger partial charge in [0, 0.05) is 23.9 Å². The highest BCUT2D eigenvalue weighted by Gasteiger charge is 2.35. The molecule has 21 heavy (non-hydrogen) atoms. The second-order valence-corrected chi connectivity index (χ2v) is 6.80. The summed E-state index contributed by atoms with van der Waals surface area (Å²) in [4.78, 5) is 25.4. The molecule has 3 heterocycles. The van der Waals surface area contributed by atoms with Crippen molar-refractivity contribution in [1.29, 1.82) is 0 Å². The highest BCUT2D eigenvalue weighted by Crippen LogP contribution is 2.39. The molecule has 6 heteroatoms. The Kier molecular flexibility index (Phi) is 3.06. The summed E-state index contributed by atoms with van der Waals surface area (Å²) in [7, 11) is 0. The molecule has 1 aliphatic carbocycles. The number of amides is 1. The Morgan fingerprint density at radius 2 is 2.33 bits per heavy atom. The van der Waals surface area contributed by atoms with Crippen LogP contribution < -0.4 is 5.32 Å². The molecular formula is C15H18N4OS. The lowest BCUT2D eigenvalue weighted by Gasteiger charge is -2.27. The Balaban J connectivity index is 1.71.